The third-order valence-electron chi connectivity index (χ3n) is 24.3. The third kappa shape index (κ3) is 32.1. The van der Waals surface area contributed by atoms with Gasteiger partial charge in [-0.2, -0.15) is 0 Å². The number of alkyl carbamates (subject to hydrolysis) is 2. The second kappa shape index (κ2) is 50.4. The van der Waals surface area contributed by atoms with Crippen LogP contribution in [0, 0.1) is 47.9 Å². The molecule has 7 aromatic rings. The van der Waals surface area contributed by atoms with Gasteiger partial charge >= 0.3 is 24.4 Å². The first-order chi connectivity index (χ1) is 64.5. The van der Waals surface area contributed by atoms with Gasteiger partial charge in [0.1, 0.15) is 35.2 Å². The zero-order chi connectivity index (χ0) is 99.3. The van der Waals surface area contributed by atoms with E-state index in [0.29, 0.717) is 72.1 Å². The van der Waals surface area contributed by atoms with Gasteiger partial charge in [-0.05, 0) is 199 Å². The molecule has 0 bridgehead atoms. The number of piperidine rings is 1. The maximum absolute atomic E-state index is 15.9. The Morgan fingerprint density at radius 1 is 0.500 bits per heavy atom. The number of aromatic nitrogens is 5. The van der Waals surface area contributed by atoms with Gasteiger partial charge in [0.15, 0.2) is 17.3 Å². The normalized spacial score (nSPS) is 14.8. The molecule has 136 heavy (non-hydrogen) atoms. The van der Waals surface area contributed by atoms with Crippen molar-refractivity contribution in [1.29, 1.82) is 0 Å². The van der Waals surface area contributed by atoms with Crippen molar-refractivity contribution in [1.82, 2.24) is 71.6 Å². The van der Waals surface area contributed by atoms with Crippen molar-refractivity contribution >= 4 is 105 Å². The average molecular weight is 1880 g/mol. The molecule has 32 nitrogen and oxygen atoms in total. The van der Waals surface area contributed by atoms with Gasteiger partial charge in [-0.1, -0.05) is 137 Å². The molecule has 736 valence electrons. The van der Waals surface area contributed by atoms with Gasteiger partial charge in [-0.25, -0.2) is 28.3 Å². The summed E-state index contributed by atoms with van der Waals surface area (Å²) in [6.07, 6.45) is 7.56. The molecule has 9 unspecified atom stereocenters. The quantitative estimate of drug-likeness (QED) is 0.00997. The van der Waals surface area contributed by atoms with Crippen LogP contribution in [0.25, 0.3) is 32.9 Å². The summed E-state index contributed by atoms with van der Waals surface area (Å²) >= 11 is 0. The summed E-state index contributed by atoms with van der Waals surface area (Å²) < 4.78 is 27.4. The minimum Gasteiger partial charge on any atom is -0.449 e. The van der Waals surface area contributed by atoms with Gasteiger partial charge in [-0.3, -0.25) is 47.8 Å². The van der Waals surface area contributed by atoms with E-state index < -0.39 is 161 Å². The number of hydrogen-bond acceptors (Lipinski definition) is 21. The highest BCUT2D eigenvalue weighted by molar-refractivity contribution is 5.99. The minimum atomic E-state index is -1.51. The van der Waals surface area contributed by atoms with E-state index in [1.807, 2.05) is 79.4 Å². The zero-order valence-corrected chi connectivity index (χ0v) is 82.1. The molecular weight excluding hydrogens is 1730 g/mol. The van der Waals surface area contributed by atoms with Crippen LogP contribution in [0.15, 0.2) is 115 Å². The van der Waals surface area contributed by atoms with Gasteiger partial charge in [0.25, 0.3) is 0 Å². The summed E-state index contributed by atoms with van der Waals surface area (Å²) in [6.45, 7) is 25.9. The van der Waals surface area contributed by atoms with E-state index in [4.69, 9.17) is 25.4 Å². The van der Waals surface area contributed by atoms with Gasteiger partial charge < -0.3 is 71.2 Å². The number of carbonyl (C=O) groups is 14. The number of hydrogen-bond donors (Lipinski definition) is 8. The molecule has 1 fully saturated rings. The third-order valence-corrected chi connectivity index (χ3v) is 24.3. The Morgan fingerprint density at radius 3 is 1.52 bits per heavy atom. The summed E-state index contributed by atoms with van der Waals surface area (Å²) in [5.41, 5.74) is 3.60. The molecule has 8 N–H and O–H groups in total. The smallest absolute Gasteiger partial charge is 0.419 e. The summed E-state index contributed by atoms with van der Waals surface area (Å²) in [5, 5.41) is 33.1. The zero-order valence-electron chi connectivity index (χ0n) is 82.1. The Bertz CT molecular complexity index is 5330. The van der Waals surface area contributed by atoms with E-state index in [0.717, 1.165) is 41.5 Å². The number of nitrogens with one attached hydrogen (secondary N) is 8. The number of carbonyl (C=O) groups excluding carboxylic acids is 14. The van der Waals surface area contributed by atoms with Crippen LogP contribution in [-0.4, -0.2) is 206 Å². The number of benzene rings is 4. The number of fused-ring (bicyclic) bond motifs is 5. The standard InChI is InChI=1S/C104H142N14O18/c1-18-36-82(111-99(130)133-64-81-79-44-24-22-42-77(79)78-43-23-25-45-80(78)81)96(127)107-48-31-28-39-70(54-67(6)119)93(124)110-84(62-76-56-69-38-21-27-47-87(69)118(76)101(132)136-104(13,14)15)88(120)58-71(40-29-32-49-108-98(129)134-102(7,8)9)95(126)112-91(66(4)5)90(122)59-72(41-30-35-52-116-63-74(113-114-116)61-85(105-16)97(128)115-50-33-19-34-51-115)94(125)109-83(53-65(2)3)89(121)60-73(92(123)106-17)57-75-55-68-37-20-26-46-86(68)117(75)100(131)135-103(10,11)12/h1,20-27,37-38,42-47,55-56,63,65-66,70-73,81-85,91,105H,19,28-36,39-41,48-54,57-62,64H2,2-17H3,(H,106,123)(H,107,127)(H,108,129)(H,109,125)(H,110,124)(H,111,130)(H,112,126). The van der Waals surface area contributed by atoms with E-state index in [1.54, 1.807) is 143 Å². The minimum absolute atomic E-state index is 0.000524. The number of unbranched alkanes of at least 4 members (excludes halogenated alkanes) is 3. The molecule has 1 aliphatic heterocycles. The van der Waals surface area contributed by atoms with Crippen molar-refractivity contribution in [3.63, 3.8) is 0 Å². The van der Waals surface area contributed by atoms with Crippen LogP contribution < -0.4 is 42.5 Å². The molecule has 9 atom stereocenters. The first-order valence-corrected chi connectivity index (χ1v) is 48.0. The first-order valence-electron chi connectivity index (χ1n) is 48.0. The number of Topliss-reactive ketones (excluding diaryl/α,β-unsaturated/α-hetero) is 4. The summed E-state index contributed by atoms with van der Waals surface area (Å²) in [6, 6.07) is 27.7. The number of terminal acetylenes is 1. The van der Waals surface area contributed by atoms with Crippen molar-refractivity contribution in [2.24, 2.45) is 35.5 Å². The number of para-hydroxylation sites is 2. The number of nitrogens with zero attached hydrogens (tertiary/aromatic N) is 6. The van der Waals surface area contributed by atoms with Crippen LogP contribution in [0.3, 0.4) is 0 Å². The fraction of sp³-hybridized carbons (Fsp3) is 0.558. The Hall–Kier alpha value is -12.4. The SMILES string of the molecule is C#CCC(NC(=O)OCC1c2ccccc2-c2ccccc21)C(=O)NCCCCC(CC(C)=O)C(=O)NC(Cc1cc2ccccc2n1C(=O)OC(C)(C)C)C(=O)CC(CCCCNC(=O)OC(C)(C)C)C(=O)NC(C(=O)CC(CCCCn1cc(CC(NC)C(=O)N2CCCCC2)nn1)C(=O)NC(CC(C)C)C(=O)CC(Cc1cc2ccccc2n1C(=O)OC(C)(C)C)C(=O)NC)C(C)C. The maximum atomic E-state index is 15.9. The molecule has 0 saturated carbocycles. The molecule has 1 aliphatic carbocycles. The van der Waals surface area contributed by atoms with Crippen molar-refractivity contribution in [2.75, 3.05) is 46.9 Å². The number of ketones is 4. The highest BCUT2D eigenvalue weighted by Crippen LogP contribution is 2.45. The van der Waals surface area contributed by atoms with Gasteiger partial charge in [0, 0.05) is 143 Å². The Kier molecular flexibility index (Phi) is 39.8. The van der Waals surface area contributed by atoms with Crippen LogP contribution in [-0.2, 0) is 92.7 Å². The maximum Gasteiger partial charge on any atom is 0.419 e. The topological polar surface area (TPSA) is 416 Å². The molecular formula is C104H142N14O18. The van der Waals surface area contributed by atoms with Gasteiger partial charge in [0.2, 0.25) is 35.4 Å². The van der Waals surface area contributed by atoms with E-state index in [1.165, 1.54) is 23.1 Å². The summed E-state index contributed by atoms with van der Waals surface area (Å²) in [5.74, 6) is -8.36. The van der Waals surface area contributed by atoms with E-state index in [9.17, 15) is 38.4 Å². The number of likely N-dealkylation sites (tertiary alicyclic amines) is 1. The Labute approximate surface area is 799 Å². The number of likely N-dealkylation sites (N-methyl/N-ethyl adjacent to an activating group) is 1. The second-order valence-electron chi connectivity index (χ2n) is 39.8. The summed E-state index contributed by atoms with van der Waals surface area (Å²) in [4.78, 5) is 204. The Morgan fingerprint density at radius 2 is 0.993 bits per heavy atom. The van der Waals surface area contributed by atoms with Gasteiger partial charge in [0.05, 0.1) is 46.8 Å². The lowest BCUT2D eigenvalue weighted by molar-refractivity contribution is -0.136. The summed E-state index contributed by atoms with van der Waals surface area (Å²) in [7, 11) is 3.18. The number of aryl methyl sites for hydroxylation is 1. The second-order valence-corrected chi connectivity index (χ2v) is 39.8. The lowest BCUT2D eigenvalue weighted by Crippen LogP contribution is -2.50. The molecule has 0 spiro atoms. The molecule has 9 rings (SSSR count). The molecule has 4 heterocycles. The molecule has 2 aliphatic rings. The van der Waals surface area contributed by atoms with Crippen molar-refractivity contribution in [3.05, 3.63) is 144 Å². The fourth-order valence-corrected chi connectivity index (χ4v) is 17.7. The lowest BCUT2D eigenvalue weighted by atomic mass is 9.86. The largest absolute Gasteiger partial charge is 0.449 e. The molecule has 3 aromatic heterocycles. The first kappa shape index (κ1) is 107. The van der Waals surface area contributed by atoms with Crippen LogP contribution in [0.4, 0.5) is 19.2 Å². The van der Waals surface area contributed by atoms with E-state index >= 15 is 28.8 Å². The van der Waals surface area contributed by atoms with E-state index in [2.05, 4.69) is 58.8 Å². The van der Waals surface area contributed by atoms with Crippen molar-refractivity contribution < 1.29 is 86.1 Å². The Balaban J connectivity index is 0.970. The number of rotatable bonds is 49. The van der Waals surface area contributed by atoms with Crippen LogP contribution >= 0.6 is 0 Å². The van der Waals surface area contributed by atoms with Crippen molar-refractivity contribution in [2.45, 2.75) is 291 Å². The van der Waals surface area contributed by atoms with Crippen LogP contribution in [0.2, 0.25) is 0 Å². The number of ether oxygens (including phenoxy) is 4. The fourth-order valence-electron chi connectivity index (χ4n) is 17.7. The molecule has 0 radical (unpaired) electrons. The molecule has 4 aromatic carbocycles. The predicted molar refractivity (Wildman–Crippen MR) is 518 cm³/mol. The highest BCUT2D eigenvalue weighted by atomic mass is 16.6. The van der Waals surface area contributed by atoms with Gasteiger partial charge in [-0.15, -0.1) is 17.4 Å². The molecule has 8 amide bonds. The van der Waals surface area contributed by atoms with Crippen LogP contribution in [0.5, 0.6) is 0 Å². The lowest BCUT2D eigenvalue weighted by Gasteiger charge is -2.30. The molecule has 32 heteroatoms. The monoisotopic (exact) mass is 1880 g/mol. The van der Waals surface area contributed by atoms with Crippen molar-refractivity contribution in [3.8, 4) is 23.5 Å². The number of amides is 8. The van der Waals surface area contributed by atoms with Crippen LogP contribution in [0.1, 0.15) is 247 Å². The average Bonchev–Trinajstić information content (AvgIpc) is 1.62. The van der Waals surface area contributed by atoms with E-state index in [-0.39, 0.29) is 132 Å². The highest BCUT2D eigenvalue weighted by Gasteiger charge is 2.40. The predicted octanol–water partition coefficient (Wildman–Crippen LogP) is 13.7. The molecule has 1 saturated heterocycles.